The second kappa shape index (κ2) is 13.6. The molecule has 12 nitrogen and oxygen atoms in total. The van der Waals surface area contributed by atoms with Crippen molar-refractivity contribution in [1.82, 2.24) is 40.1 Å². The summed E-state index contributed by atoms with van der Waals surface area (Å²) < 4.78 is 11.3. The zero-order chi connectivity index (χ0) is 38.8. The molecule has 4 heterocycles. The lowest BCUT2D eigenvalue weighted by atomic mass is 10.0. The van der Waals surface area contributed by atoms with E-state index in [0.29, 0.717) is 11.8 Å². The van der Waals surface area contributed by atoms with Crippen LogP contribution in [0.3, 0.4) is 0 Å². The van der Waals surface area contributed by atoms with Crippen molar-refractivity contribution in [2.24, 2.45) is 11.8 Å². The predicted octanol–water partition coefficient (Wildman–Crippen LogP) is 9.79. The van der Waals surface area contributed by atoms with Crippen molar-refractivity contribution in [3.05, 3.63) is 72.4 Å². The first-order chi connectivity index (χ1) is 26.1. The Morgan fingerprint density at radius 3 is 2.15 bits per heavy atom. The van der Waals surface area contributed by atoms with E-state index in [4.69, 9.17) is 29.4 Å². The first kappa shape index (κ1) is 36.5. The van der Waals surface area contributed by atoms with Crippen LogP contribution in [0.4, 0.5) is 9.59 Å². The number of carbonyl (C=O) groups excluding carboxylic acids is 2. The van der Waals surface area contributed by atoms with Crippen LogP contribution in [0, 0.1) is 11.8 Å². The molecule has 286 valence electrons. The molecule has 6 aromatic rings. The number of benzene rings is 3. The van der Waals surface area contributed by atoms with Crippen LogP contribution in [0.25, 0.3) is 55.5 Å². The summed E-state index contributed by atoms with van der Waals surface area (Å²) in [6.45, 7) is 15.5. The van der Waals surface area contributed by atoms with Crippen LogP contribution < -0.4 is 5.32 Å². The number of imidazole rings is 2. The average molecular weight is 743 g/mol. The molecule has 0 spiro atoms. The molecule has 2 amide bonds. The number of carbonyl (C=O) groups is 2. The number of nitrogens with one attached hydrogen (secondary N) is 3. The molecule has 12 heteroatoms. The van der Waals surface area contributed by atoms with Crippen molar-refractivity contribution < 1.29 is 19.1 Å². The Bertz CT molecular complexity index is 2420. The van der Waals surface area contributed by atoms with E-state index >= 15 is 0 Å². The normalized spacial score (nSPS) is 19.6. The number of ether oxygens (including phenoxy) is 2. The SMILES string of the molecule is C[C@@H]1C[C@@H](c2nc3ccc(-c4ccc5nc(-c6ccc7nc([C@H](CC8CC8)NC(=O)OC(C)(C)C)[nH]c7c6)cnc5c4)cc3[nH]2)N(C(=O)OC(C)(C)C)[C@@H]1C. The van der Waals surface area contributed by atoms with Crippen LogP contribution in [0.15, 0.2) is 60.8 Å². The van der Waals surface area contributed by atoms with Gasteiger partial charge in [-0.2, -0.15) is 0 Å². The Kier molecular flexibility index (Phi) is 9.05. The maximum atomic E-state index is 13.3. The summed E-state index contributed by atoms with van der Waals surface area (Å²) in [6.07, 6.45) is 5.00. The minimum atomic E-state index is -0.582. The summed E-state index contributed by atoms with van der Waals surface area (Å²) in [6, 6.07) is 17.9. The highest BCUT2D eigenvalue weighted by Crippen LogP contribution is 2.41. The van der Waals surface area contributed by atoms with Gasteiger partial charge in [-0.05, 0) is 121 Å². The molecule has 0 unspecified atom stereocenters. The second-order valence-electron chi connectivity index (χ2n) is 17.4. The maximum Gasteiger partial charge on any atom is 0.411 e. The number of hydrogen-bond donors (Lipinski definition) is 3. The van der Waals surface area contributed by atoms with Gasteiger partial charge in [-0.25, -0.2) is 24.5 Å². The van der Waals surface area contributed by atoms with Crippen LogP contribution in [0.5, 0.6) is 0 Å². The van der Waals surface area contributed by atoms with Crippen molar-refractivity contribution in [1.29, 1.82) is 0 Å². The van der Waals surface area contributed by atoms with Gasteiger partial charge in [0.1, 0.15) is 22.9 Å². The van der Waals surface area contributed by atoms with Crippen molar-refractivity contribution in [3.8, 4) is 22.4 Å². The van der Waals surface area contributed by atoms with Crippen LogP contribution in [-0.4, -0.2) is 64.2 Å². The molecular formula is C43H50N8O4. The van der Waals surface area contributed by atoms with Crippen LogP contribution >= 0.6 is 0 Å². The van der Waals surface area contributed by atoms with Crippen molar-refractivity contribution in [2.75, 3.05) is 0 Å². The number of nitrogens with zero attached hydrogens (tertiary/aromatic N) is 5. The number of aromatic nitrogens is 6. The van der Waals surface area contributed by atoms with Crippen molar-refractivity contribution in [3.63, 3.8) is 0 Å². The topological polar surface area (TPSA) is 151 Å². The van der Waals surface area contributed by atoms with Crippen LogP contribution in [0.2, 0.25) is 0 Å². The zero-order valence-corrected chi connectivity index (χ0v) is 32.9. The van der Waals surface area contributed by atoms with E-state index in [0.717, 1.165) is 92.8 Å². The number of amides is 2. The predicted molar refractivity (Wildman–Crippen MR) is 213 cm³/mol. The molecule has 3 aromatic carbocycles. The van der Waals surface area contributed by atoms with Gasteiger partial charge in [0, 0.05) is 11.6 Å². The van der Waals surface area contributed by atoms with Gasteiger partial charge in [0.15, 0.2) is 0 Å². The number of H-pyrrole nitrogens is 2. The van der Waals surface area contributed by atoms with Crippen molar-refractivity contribution >= 4 is 45.3 Å². The van der Waals surface area contributed by atoms with Crippen LogP contribution in [0.1, 0.15) is 105 Å². The lowest BCUT2D eigenvalue weighted by Gasteiger charge is -2.31. The van der Waals surface area contributed by atoms with Gasteiger partial charge in [0.2, 0.25) is 0 Å². The Hall–Kier alpha value is -5.52. The average Bonchev–Trinajstić information content (AvgIpc) is 3.53. The molecule has 1 aliphatic heterocycles. The Labute approximate surface area is 320 Å². The van der Waals surface area contributed by atoms with E-state index in [1.54, 1.807) is 6.20 Å². The molecule has 55 heavy (non-hydrogen) atoms. The van der Waals surface area contributed by atoms with Crippen LogP contribution in [-0.2, 0) is 9.47 Å². The highest BCUT2D eigenvalue weighted by atomic mass is 16.6. The summed E-state index contributed by atoms with van der Waals surface area (Å²) in [7, 11) is 0. The second-order valence-corrected chi connectivity index (χ2v) is 17.4. The fourth-order valence-electron chi connectivity index (χ4n) is 7.50. The molecule has 8 rings (SSSR count). The fourth-order valence-corrected chi connectivity index (χ4v) is 7.50. The minimum Gasteiger partial charge on any atom is -0.444 e. The van der Waals surface area contributed by atoms with E-state index in [-0.39, 0.29) is 24.2 Å². The zero-order valence-electron chi connectivity index (χ0n) is 32.9. The third-order valence-corrected chi connectivity index (χ3v) is 10.6. The number of fused-ring (bicyclic) bond motifs is 3. The largest absolute Gasteiger partial charge is 0.444 e. The molecule has 4 atom stereocenters. The summed E-state index contributed by atoms with van der Waals surface area (Å²) in [5.41, 5.74) is 7.55. The van der Waals surface area contributed by atoms with Gasteiger partial charge in [0.25, 0.3) is 0 Å². The third-order valence-electron chi connectivity index (χ3n) is 10.6. The Morgan fingerprint density at radius 1 is 0.800 bits per heavy atom. The van der Waals surface area contributed by atoms with E-state index in [1.165, 1.54) is 0 Å². The smallest absolute Gasteiger partial charge is 0.411 e. The summed E-state index contributed by atoms with van der Waals surface area (Å²) in [5.74, 6) is 2.38. The van der Waals surface area contributed by atoms with Gasteiger partial charge in [-0.15, -0.1) is 0 Å². The lowest BCUT2D eigenvalue weighted by Crippen LogP contribution is -2.41. The van der Waals surface area contributed by atoms with Gasteiger partial charge in [0.05, 0.1) is 57.1 Å². The van der Waals surface area contributed by atoms with Crippen molar-refractivity contribution in [2.45, 2.75) is 110 Å². The molecule has 2 aliphatic rings. The molecular weight excluding hydrogens is 693 g/mol. The molecule has 1 aliphatic carbocycles. The summed E-state index contributed by atoms with van der Waals surface area (Å²) in [4.78, 5) is 54.3. The number of hydrogen-bond acceptors (Lipinski definition) is 8. The highest BCUT2D eigenvalue weighted by Gasteiger charge is 2.43. The first-order valence-electron chi connectivity index (χ1n) is 19.3. The Balaban J connectivity index is 1.02. The summed E-state index contributed by atoms with van der Waals surface area (Å²) in [5, 5.41) is 3.04. The van der Waals surface area contributed by atoms with E-state index < -0.39 is 17.3 Å². The number of rotatable bonds is 7. The molecule has 3 aromatic heterocycles. The van der Waals surface area contributed by atoms with Gasteiger partial charge in [-0.3, -0.25) is 9.88 Å². The lowest BCUT2D eigenvalue weighted by molar-refractivity contribution is 0.0140. The van der Waals surface area contributed by atoms with Gasteiger partial charge >= 0.3 is 12.2 Å². The van der Waals surface area contributed by atoms with E-state index in [9.17, 15) is 9.59 Å². The standard InChI is InChI=1S/C43H50N8O4/c1-23-17-37(51(24(23)2)41(53)55-43(6,7)8)39-47-31-15-12-27(20-33(31)49-39)26-11-14-29-32(19-26)44-22-36(45-29)28-13-16-30-34(21-28)48-38(46-30)35(18-25-9-10-25)50-40(52)54-42(3,4)5/h11-16,19-25,35,37H,9-10,17-18H2,1-8H3,(H,46,48)(H,47,49)(H,50,52)/t23-,24-,35+,37+/m1/s1. The number of aromatic amines is 2. The van der Waals surface area contributed by atoms with E-state index in [1.807, 2.05) is 76.8 Å². The highest BCUT2D eigenvalue weighted by molar-refractivity contribution is 5.88. The third kappa shape index (κ3) is 7.85. The Morgan fingerprint density at radius 2 is 1.44 bits per heavy atom. The molecule has 1 saturated heterocycles. The van der Waals surface area contributed by atoms with E-state index in [2.05, 4.69) is 53.4 Å². The quantitative estimate of drug-likeness (QED) is 0.146. The number of alkyl carbamates (subject to hydrolysis) is 1. The summed E-state index contributed by atoms with van der Waals surface area (Å²) >= 11 is 0. The maximum absolute atomic E-state index is 13.3. The number of likely N-dealkylation sites (tertiary alicyclic amines) is 1. The molecule has 1 saturated carbocycles. The van der Waals surface area contributed by atoms with Gasteiger partial charge < -0.3 is 24.8 Å². The van der Waals surface area contributed by atoms with Gasteiger partial charge in [-0.1, -0.05) is 38.0 Å². The monoisotopic (exact) mass is 742 g/mol. The molecule has 0 bridgehead atoms. The minimum absolute atomic E-state index is 0.0354. The molecule has 3 N–H and O–H groups in total. The molecule has 2 fully saturated rings. The fraction of sp³-hybridized carbons (Fsp3) is 0.442. The first-order valence-corrected chi connectivity index (χ1v) is 19.3. The molecule has 0 radical (unpaired) electrons.